The van der Waals surface area contributed by atoms with Crippen LogP contribution in [-0.2, 0) is 2.78 Å². The number of hydrogen-bond acceptors (Lipinski definition) is 0. The summed E-state index contributed by atoms with van der Waals surface area (Å²) in [5, 5.41) is 0. The first-order chi connectivity index (χ1) is 7.45. The first kappa shape index (κ1) is 11.4. The van der Waals surface area contributed by atoms with Gasteiger partial charge in [-0.3, -0.25) is 0 Å². The van der Waals surface area contributed by atoms with E-state index >= 15 is 0 Å². The van der Waals surface area contributed by atoms with Crippen LogP contribution in [0.2, 0.25) is 0 Å². The van der Waals surface area contributed by atoms with Crippen molar-refractivity contribution in [3.63, 3.8) is 0 Å². The van der Waals surface area contributed by atoms with Crippen LogP contribution in [0.5, 0.6) is 0 Å². The molecule has 0 fully saturated rings. The van der Waals surface area contributed by atoms with Crippen LogP contribution in [0.4, 0.5) is 0 Å². The molecule has 15 heavy (non-hydrogen) atoms. The van der Waals surface area contributed by atoms with Crippen LogP contribution in [0, 0.1) is 0 Å². The van der Waals surface area contributed by atoms with E-state index in [1.807, 2.05) is 0 Å². The molecule has 0 saturated carbocycles. The summed E-state index contributed by atoms with van der Waals surface area (Å²) in [5.41, 5.74) is 3.06. The molecular weight excluding hydrogens is 256 g/mol. The zero-order valence-electron chi connectivity index (χ0n) is 8.89. The Kier molecular flexibility index (Phi) is 4.94. The van der Waals surface area contributed by atoms with Crippen molar-refractivity contribution in [3.05, 3.63) is 71.8 Å². The number of hydrogen-bond donors (Lipinski definition) is 0. The van der Waals surface area contributed by atoms with Gasteiger partial charge in [0.1, 0.15) is 0 Å². The molecule has 0 aliphatic heterocycles. The van der Waals surface area contributed by atoms with Crippen LogP contribution < -0.4 is 0 Å². The molecule has 0 saturated heterocycles. The Hall–Kier alpha value is -0.0795. The van der Waals surface area contributed by atoms with Crippen molar-refractivity contribution in [1.82, 2.24) is 0 Å². The summed E-state index contributed by atoms with van der Waals surface area (Å²) < 4.78 is 2.77. The van der Waals surface area contributed by atoms with E-state index in [1.54, 1.807) is 0 Å². The molecule has 0 atom stereocenters. The van der Waals surface area contributed by atoms with Gasteiger partial charge in [0.2, 0.25) is 0 Å². The van der Waals surface area contributed by atoms with E-state index in [0.29, 0.717) is 0 Å². The molecule has 0 amide bonds. The van der Waals surface area contributed by atoms with Crippen LogP contribution in [0.25, 0.3) is 0 Å². The Labute approximate surface area is 114 Å². The van der Waals surface area contributed by atoms with Crippen molar-refractivity contribution >= 4 is 41.0 Å². The zero-order chi connectivity index (χ0) is 10.3. The molecule has 2 aromatic rings. The van der Waals surface area contributed by atoms with Gasteiger partial charge in [-0.1, -0.05) is 0 Å². The van der Waals surface area contributed by atoms with Crippen LogP contribution >= 0.6 is 0 Å². The standard InChI is InChI=1S/2C7H7.Sr/c2*1-7-5-3-2-4-6-7;/h2*2-6H,1H2;. The first-order valence-corrected chi connectivity index (χ1v) is 10.4. The van der Waals surface area contributed by atoms with Crippen molar-refractivity contribution in [3.8, 4) is 0 Å². The summed E-state index contributed by atoms with van der Waals surface area (Å²) in [6, 6.07) is 21.8. The van der Waals surface area contributed by atoms with Gasteiger partial charge >= 0.3 is 116 Å². The Morgan fingerprint density at radius 3 is 1.40 bits per heavy atom. The summed E-state index contributed by atoms with van der Waals surface area (Å²) in [4.78, 5) is 0. The molecule has 0 aliphatic rings. The van der Waals surface area contributed by atoms with Gasteiger partial charge in [0.05, 0.1) is 0 Å². The molecule has 0 unspecified atom stereocenters. The van der Waals surface area contributed by atoms with Crippen molar-refractivity contribution in [2.75, 3.05) is 0 Å². The molecule has 72 valence electrons. The molecule has 2 rings (SSSR count). The SMILES string of the molecule is c1ccc([CH2][Sr][CH2]c2ccccc2)cc1. The van der Waals surface area contributed by atoms with Gasteiger partial charge in [0.25, 0.3) is 0 Å². The fourth-order valence-corrected chi connectivity index (χ4v) is 5.87. The Balaban J connectivity index is 1.81. The summed E-state index contributed by atoms with van der Waals surface area (Å²) in [7, 11) is 0. The van der Waals surface area contributed by atoms with E-state index in [1.165, 1.54) is 13.9 Å². The van der Waals surface area contributed by atoms with Crippen LogP contribution in [0.3, 0.4) is 0 Å². The molecular formula is C14H14Sr. The van der Waals surface area contributed by atoms with Crippen LogP contribution in [-0.4, -0.2) is 41.0 Å². The second-order valence-electron chi connectivity index (χ2n) is 3.82. The third kappa shape index (κ3) is 4.12. The fourth-order valence-electron chi connectivity index (χ4n) is 1.79. The monoisotopic (exact) mass is 270 g/mol. The van der Waals surface area contributed by atoms with E-state index < -0.39 is 41.0 Å². The van der Waals surface area contributed by atoms with Crippen molar-refractivity contribution in [1.29, 1.82) is 0 Å². The summed E-state index contributed by atoms with van der Waals surface area (Å²) in [5.74, 6) is 0. The summed E-state index contributed by atoms with van der Waals surface area (Å²) in [6.07, 6.45) is 0. The van der Waals surface area contributed by atoms with Gasteiger partial charge in [-0.2, -0.15) is 0 Å². The molecule has 0 radical (unpaired) electrons. The van der Waals surface area contributed by atoms with Crippen LogP contribution in [0.1, 0.15) is 11.1 Å². The molecule has 0 aromatic heterocycles. The van der Waals surface area contributed by atoms with Gasteiger partial charge in [0.15, 0.2) is 0 Å². The van der Waals surface area contributed by atoms with Crippen LogP contribution in [0.15, 0.2) is 60.7 Å². The van der Waals surface area contributed by atoms with Gasteiger partial charge in [-0.15, -0.1) is 0 Å². The molecule has 0 heterocycles. The van der Waals surface area contributed by atoms with E-state index in [0.717, 1.165) is 0 Å². The second kappa shape index (κ2) is 6.49. The minimum atomic E-state index is -0.608. The van der Waals surface area contributed by atoms with Gasteiger partial charge < -0.3 is 0 Å². The topological polar surface area (TPSA) is 0 Å². The quantitative estimate of drug-likeness (QED) is 0.749. The minimum absolute atomic E-state index is 0.608. The molecule has 0 N–H and O–H groups in total. The fraction of sp³-hybridized carbons (Fsp3) is 0.143. The van der Waals surface area contributed by atoms with Gasteiger partial charge in [-0.25, -0.2) is 0 Å². The van der Waals surface area contributed by atoms with Crippen molar-refractivity contribution in [2.45, 2.75) is 2.78 Å². The Morgan fingerprint density at radius 1 is 0.600 bits per heavy atom. The predicted octanol–water partition coefficient (Wildman–Crippen LogP) is 3.09. The van der Waals surface area contributed by atoms with Gasteiger partial charge in [-0.05, 0) is 0 Å². The van der Waals surface area contributed by atoms with Gasteiger partial charge in [0, 0.05) is 0 Å². The molecule has 0 bridgehead atoms. The summed E-state index contributed by atoms with van der Waals surface area (Å²) in [6.45, 7) is 0. The Bertz CT molecular complexity index is 341. The average molecular weight is 270 g/mol. The molecule has 0 spiro atoms. The van der Waals surface area contributed by atoms with Crippen molar-refractivity contribution < 1.29 is 0 Å². The number of benzene rings is 2. The summed E-state index contributed by atoms with van der Waals surface area (Å²) >= 11 is -0.608. The van der Waals surface area contributed by atoms with E-state index in [2.05, 4.69) is 60.7 Å². The van der Waals surface area contributed by atoms with Crippen molar-refractivity contribution in [2.24, 2.45) is 0 Å². The Morgan fingerprint density at radius 2 is 1.00 bits per heavy atom. The normalized spacial score (nSPS) is 9.60. The maximum absolute atomic E-state index is 2.25. The molecule has 1 heteroatoms. The molecule has 0 nitrogen and oxygen atoms in total. The first-order valence-electron chi connectivity index (χ1n) is 5.53. The predicted molar refractivity (Wildman–Crippen MR) is 66.0 cm³/mol. The zero-order valence-corrected chi connectivity index (χ0v) is 12.4. The average Bonchev–Trinajstić information content (AvgIpc) is 2.32. The molecule has 0 aliphatic carbocycles. The molecule has 2 aromatic carbocycles. The number of rotatable bonds is 4. The maximum atomic E-state index is 2.25. The van der Waals surface area contributed by atoms with E-state index in [-0.39, 0.29) is 0 Å². The second-order valence-corrected chi connectivity index (χ2v) is 8.02. The third-order valence-electron chi connectivity index (χ3n) is 2.62. The van der Waals surface area contributed by atoms with E-state index in [4.69, 9.17) is 0 Å². The van der Waals surface area contributed by atoms with E-state index in [9.17, 15) is 0 Å². The third-order valence-corrected chi connectivity index (χ3v) is 7.19.